The molecular formula is C19H19N3O5S2. The van der Waals surface area contributed by atoms with Crippen LogP contribution in [0, 0.1) is 0 Å². The number of hydrogen-bond donors (Lipinski definition) is 2. The molecule has 8 nitrogen and oxygen atoms in total. The number of para-hydroxylation sites is 1. The molecule has 0 bridgehead atoms. The van der Waals surface area contributed by atoms with Gasteiger partial charge in [0, 0.05) is 0 Å². The lowest BCUT2D eigenvalue weighted by atomic mass is 10.1. The third-order valence-corrected chi connectivity index (χ3v) is 6.92. The van der Waals surface area contributed by atoms with Crippen molar-refractivity contribution in [2.24, 2.45) is 0 Å². The lowest BCUT2D eigenvalue weighted by Crippen LogP contribution is -2.46. The number of rotatable bonds is 7. The predicted octanol–water partition coefficient (Wildman–Crippen LogP) is 1.99. The molecule has 2 N–H and O–H groups in total. The van der Waals surface area contributed by atoms with E-state index in [1.165, 1.54) is 14.0 Å². The maximum atomic E-state index is 12.9. The van der Waals surface area contributed by atoms with Crippen LogP contribution in [0.15, 0.2) is 58.9 Å². The van der Waals surface area contributed by atoms with Crippen molar-refractivity contribution in [3.05, 3.63) is 60.2 Å². The minimum absolute atomic E-state index is 0.145. The molecule has 0 unspecified atom stereocenters. The number of fused-ring (bicyclic) bond motifs is 1. The Morgan fingerprint density at radius 1 is 1.07 bits per heavy atom. The van der Waals surface area contributed by atoms with E-state index in [2.05, 4.69) is 19.8 Å². The van der Waals surface area contributed by atoms with Crippen molar-refractivity contribution in [3.63, 3.8) is 0 Å². The lowest BCUT2D eigenvalue weighted by Gasteiger charge is -2.20. The van der Waals surface area contributed by atoms with Gasteiger partial charge >= 0.3 is 5.97 Å². The molecule has 2 aromatic carbocycles. The van der Waals surface area contributed by atoms with Gasteiger partial charge in [-0.1, -0.05) is 42.5 Å². The van der Waals surface area contributed by atoms with Crippen LogP contribution in [0.3, 0.4) is 0 Å². The Balaban J connectivity index is 1.91. The molecule has 0 radical (unpaired) electrons. The van der Waals surface area contributed by atoms with Crippen molar-refractivity contribution in [2.45, 2.75) is 23.3 Å². The number of amides is 1. The summed E-state index contributed by atoms with van der Waals surface area (Å²) >= 11 is 1.01. The van der Waals surface area contributed by atoms with Gasteiger partial charge in [-0.3, -0.25) is 4.79 Å². The summed E-state index contributed by atoms with van der Waals surface area (Å²) in [5.41, 5.74) is 0.977. The second-order valence-electron chi connectivity index (χ2n) is 6.17. The highest BCUT2D eigenvalue weighted by atomic mass is 32.2. The molecule has 0 spiro atoms. The normalized spacial score (nSPS) is 13.6. The molecule has 1 aromatic heterocycles. The number of benzene rings is 2. The van der Waals surface area contributed by atoms with Crippen LogP contribution in [-0.4, -0.2) is 38.4 Å². The van der Waals surface area contributed by atoms with Gasteiger partial charge in [0.15, 0.2) is 0 Å². The van der Waals surface area contributed by atoms with E-state index in [-0.39, 0.29) is 4.34 Å². The Labute approximate surface area is 172 Å². The summed E-state index contributed by atoms with van der Waals surface area (Å²) in [5, 5.41) is 2.47. The molecule has 0 saturated carbocycles. The van der Waals surface area contributed by atoms with Crippen molar-refractivity contribution < 1.29 is 22.7 Å². The first-order valence-corrected chi connectivity index (χ1v) is 10.9. The fraction of sp³-hybridized carbons (Fsp3) is 0.211. The van der Waals surface area contributed by atoms with E-state index in [9.17, 15) is 18.0 Å². The molecular weight excluding hydrogens is 414 g/mol. The summed E-state index contributed by atoms with van der Waals surface area (Å²) in [6.45, 7) is 1.45. The van der Waals surface area contributed by atoms with E-state index >= 15 is 0 Å². The maximum absolute atomic E-state index is 12.9. The van der Waals surface area contributed by atoms with Crippen molar-refractivity contribution in [1.82, 2.24) is 15.0 Å². The average Bonchev–Trinajstić information content (AvgIpc) is 3.17. The minimum Gasteiger partial charge on any atom is -0.467 e. The second-order valence-corrected chi connectivity index (χ2v) is 9.08. The summed E-state index contributed by atoms with van der Waals surface area (Å²) in [5.74, 6) is -1.32. The van der Waals surface area contributed by atoms with Crippen molar-refractivity contribution >= 4 is 43.5 Å². The van der Waals surface area contributed by atoms with Gasteiger partial charge in [-0.25, -0.2) is 18.2 Å². The number of hydrogen-bond acceptors (Lipinski definition) is 7. The van der Waals surface area contributed by atoms with E-state index in [1.54, 1.807) is 54.6 Å². The van der Waals surface area contributed by atoms with Gasteiger partial charge in [0.05, 0.1) is 17.3 Å². The maximum Gasteiger partial charge on any atom is 0.328 e. The molecule has 29 heavy (non-hydrogen) atoms. The fourth-order valence-electron chi connectivity index (χ4n) is 2.62. The SMILES string of the molecule is COC(=O)[C@H](C)NC(=O)[C@H](NS(=O)(=O)c1nc2ccccc2s1)c1ccccc1. The number of nitrogens with one attached hydrogen (secondary N) is 2. The molecule has 0 saturated heterocycles. The third-order valence-electron chi connectivity index (χ3n) is 4.09. The summed E-state index contributed by atoms with van der Waals surface area (Å²) in [6, 6.07) is 13.2. The van der Waals surface area contributed by atoms with Gasteiger partial charge in [-0.2, -0.15) is 4.72 Å². The lowest BCUT2D eigenvalue weighted by molar-refractivity contribution is -0.144. The van der Waals surface area contributed by atoms with E-state index in [4.69, 9.17) is 0 Å². The molecule has 0 aliphatic rings. The Morgan fingerprint density at radius 2 is 1.72 bits per heavy atom. The van der Waals surface area contributed by atoms with Gasteiger partial charge in [-0.05, 0) is 24.6 Å². The zero-order chi connectivity index (χ0) is 21.0. The topological polar surface area (TPSA) is 114 Å². The molecule has 3 aromatic rings. The van der Waals surface area contributed by atoms with Crippen LogP contribution in [0.25, 0.3) is 10.2 Å². The number of thiazole rings is 1. The second kappa shape index (κ2) is 8.68. The predicted molar refractivity (Wildman–Crippen MR) is 109 cm³/mol. The monoisotopic (exact) mass is 433 g/mol. The summed E-state index contributed by atoms with van der Waals surface area (Å²) in [6.07, 6.45) is 0. The first-order valence-electron chi connectivity index (χ1n) is 8.63. The largest absolute Gasteiger partial charge is 0.467 e. The Hall–Kier alpha value is -2.82. The van der Waals surface area contributed by atoms with E-state index in [0.717, 1.165) is 11.3 Å². The van der Waals surface area contributed by atoms with Crippen LogP contribution in [0.1, 0.15) is 18.5 Å². The number of nitrogens with zero attached hydrogens (tertiary/aromatic N) is 1. The molecule has 10 heteroatoms. The molecule has 1 heterocycles. The van der Waals surface area contributed by atoms with Crippen LogP contribution in [0.4, 0.5) is 0 Å². The van der Waals surface area contributed by atoms with Crippen LogP contribution in [0.2, 0.25) is 0 Å². The molecule has 3 rings (SSSR count). The van der Waals surface area contributed by atoms with Crippen LogP contribution in [-0.2, 0) is 24.3 Å². The molecule has 0 fully saturated rings. The number of sulfonamides is 1. The Bertz CT molecular complexity index is 1100. The van der Waals surface area contributed by atoms with Crippen molar-refractivity contribution in [3.8, 4) is 0 Å². The molecule has 1 amide bonds. The molecule has 152 valence electrons. The molecule has 0 aliphatic carbocycles. The number of esters is 1. The minimum atomic E-state index is -4.10. The molecule has 0 aliphatic heterocycles. The van der Waals surface area contributed by atoms with E-state index in [0.29, 0.717) is 15.8 Å². The number of ether oxygens (including phenoxy) is 1. The zero-order valence-corrected chi connectivity index (χ0v) is 17.3. The van der Waals surface area contributed by atoms with Crippen molar-refractivity contribution in [1.29, 1.82) is 0 Å². The Morgan fingerprint density at radius 3 is 2.38 bits per heavy atom. The quantitative estimate of drug-likeness (QED) is 0.551. The van der Waals surface area contributed by atoms with Gasteiger partial charge in [0.1, 0.15) is 12.1 Å². The highest BCUT2D eigenvalue weighted by Gasteiger charge is 2.31. The zero-order valence-electron chi connectivity index (χ0n) is 15.7. The highest BCUT2D eigenvalue weighted by molar-refractivity contribution is 7.91. The van der Waals surface area contributed by atoms with Gasteiger partial charge in [0.2, 0.25) is 10.2 Å². The van der Waals surface area contributed by atoms with Crippen LogP contribution >= 0.6 is 11.3 Å². The number of methoxy groups -OCH3 is 1. The number of aromatic nitrogens is 1. The van der Waals surface area contributed by atoms with Gasteiger partial charge in [-0.15, -0.1) is 11.3 Å². The number of carbonyl (C=O) groups excluding carboxylic acids is 2. The van der Waals surface area contributed by atoms with E-state index in [1.807, 2.05) is 0 Å². The smallest absolute Gasteiger partial charge is 0.328 e. The summed E-state index contributed by atoms with van der Waals surface area (Å²) in [4.78, 5) is 28.6. The standard InChI is InChI=1S/C19H19N3O5S2/c1-12(18(24)27-2)20-17(23)16(13-8-4-3-5-9-13)22-29(25,26)19-21-14-10-6-7-11-15(14)28-19/h3-12,16,22H,1-2H3,(H,20,23)/t12-,16+/m0/s1. The average molecular weight is 434 g/mol. The molecule has 2 atom stereocenters. The van der Waals surface area contributed by atoms with Crippen molar-refractivity contribution in [2.75, 3.05) is 7.11 Å². The van der Waals surface area contributed by atoms with E-state index < -0.39 is 34.0 Å². The first-order chi connectivity index (χ1) is 13.8. The summed E-state index contributed by atoms with van der Waals surface area (Å²) in [7, 11) is -2.89. The first kappa shape index (κ1) is 20.9. The highest BCUT2D eigenvalue weighted by Crippen LogP contribution is 2.26. The van der Waals surface area contributed by atoms with Gasteiger partial charge in [0.25, 0.3) is 10.0 Å². The number of carbonyl (C=O) groups is 2. The summed E-state index contributed by atoms with van der Waals surface area (Å²) < 4.78 is 33.4. The van der Waals surface area contributed by atoms with Crippen LogP contribution in [0.5, 0.6) is 0 Å². The van der Waals surface area contributed by atoms with Gasteiger partial charge < -0.3 is 10.1 Å². The van der Waals surface area contributed by atoms with Crippen LogP contribution < -0.4 is 10.0 Å². The fourth-order valence-corrected chi connectivity index (χ4v) is 5.04. The third kappa shape index (κ3) is 4.78. The Kier molecular flexibility index (Phi) is 6.26.